The number of amides is 1. The third-order valence-electron chi connectivity index (χ3n) is 2.80. The Labute approximate surface area is 129 Å². The minimum Gasteiger partial charge on any atom is -0.300 e. The highest BCUT2D eigenvalue weighted by molar-refractivity contribution is 6.30. The van der Waals surface area contributed by atoms with Gasteiger partial charge in [-0.3, -0.25) is 14.4 Å². The lowest BCUT2D eigenvalue weighted by Crippen LogP contribution is -2.28. The Bertz CT molecular complexity index is 654. The van der Waals surface area contributed by atoms with Crippen molar-refractivity contribution in [3.8, 4) is 0 Å². The highest BCUT2D eigenvalue weighted by Gasteiger charge is 2.28. The number of hydrogen-bond donors (Lipinski definition) is 0. The summed E-state index contributed by atoms with van der Waals surface area (Å²) in [5, 5.41) is 4.17. The van der Waals surface area contributed by atoms with Crippen LogP contribution >= 0.6 is 11.6 Å². The average Bonchev–Trinajstić information content (AvgIpc) is 2.83. The Hall–Kier alpha value is -2.09. The van der Waals surface area contributed by atoms with E-state index in [0.717, 1.165) is 4.68 Å². The van der Waals surface area contributed by atoms with Gasteiger partial charge in [-0.2, -0.15) is 18.3 Å². The summed E-state index contributed by atoms with van der Waals surface area (Å²) >= 11 is 5.71. The van der Waals surface area contributed by atoms with Gasteiger partial charge in [-0.25, -0.2) is 4.98 Å². The predicted octanol–water partition coefficient (Wildman–Crippen LogP) is 2.70. The van der Waals surface area contributed by atoms with Gasteiger partial charge in [-0.1, -0.05) is 11.6 Å². The van der Waals surface area contributed by atoms with Crippen LogP contribution in [0.4, 0.5) is 19.0 Å². The van der Waals surface area contributed by atoms with Crippen LogP contribution < -0.4 is 4.90 Å². The molecule has 9 heteroatoms. The van der Waals surface area contributed by atoms with Crippen molar-refractivity contribution < 1.29 is 18.0 Å². The number of carbonyl (C=O) groups is 1. The molecular formula is C13H12ClF3N4O. The topological polar surface area (TPSA) is 51.0 Å². The second-order valence-corrected chi connectivity index (χ2v) is 5.02. The molecule has 2 aromatic rings. The molecule has 0 radical (unpaired) electrons. The zero-order valence-corrected chi connectivity index (χ0v) is 12.3. The van der Waals surface area contributed by atoms with Crippen LogP contribution in [0.5, 0.6) is 0 Å². The molecule has 0 aliphatic heterocycles. The van der Waals surface area contributed by atoms with Gasteiger partial charge in [0.25, 0.3) is 0 Å². The fourth-order valence-electron chi connectivity index (χ4n) is 1.74. The maximum absolute atomic E-state index is 12.2. The molecule has 2 aromatic heterocycles. The first-order valence-corrected chi connectivity index (χ1v) is 6.59. The summed E-state index contributed by atoms with van der Waals surface area (Å²) in [4.78, 5) is 17.4. The van der Waals surface area contributed by atoms with Crippen molar-refractivity contribution in [1.29, 1.82) is 0 Å². The quantitative estimate of drug-likeness (QED) is 0.865. The van der Waals surface area contributed by atoms with Crippen LogP contribution in [0.2, 0.25) is 5.02 Å². The number of anilines is 1. The van der Waals surface area contributed by atoms with Crippen molar-refractivity contribution in [2.45, 2.75) is 19.1 Å². The first-order valence-electron chi connectivity index (χ1n) is 6.22. The Morgan fingerprint density at radius 3 is 2.68 bits per heavy atom. The van der Waals surface area contributed by atoms with E-state index in [1.54, 1.807) is 12.1 Å². The zero-order chi connectivity index (χ0) is 16.3. The molecule has 2 heterocycles. The van der Waals surface area contributed by atoms with E-state index in [1.807, 2.05) is 0 Å². The van der Waals surface area contributed by atoms with Crippen molar-refractivity contribution in [2.75, 3.05) is 11.9 Å². The number of pyridine rings is 1. The fourth-order valence-corrected chi connectivity index (χ4v) is 1.85. The van der Waals surface area contributed by atoms with E-state index in [4.69, 9.17) is 11.6 Å². The summed E-state index contributed by atoms with van der Waals surface area (Å²) in [5.41, 5.74) is 0.259. The molecule has 0 N–H and O–H groups in total. The van der Waals surface area contributed by atoms with Crippen LogP contribution in [0.25, 0.3) is 0 Å². The maximum atomic E-state index is 12.2. The molecule has 0 unspecified atom stereocenters. The van der Waals surface area contributed by atoms with Crippen molar-refractivity contribution in [1.82, 2.24) is 14.8 Å². The van der Waals surface area contributed by atoms with E-state index < -0.39 is 12.7 Å². The summed E-state index contributed by atoms with van der Waals surface area (Å²) in [7, 11) is 1.52. The highest BCUT2D eigenvalue weighted by atomic mass is 35.5. The van der Waals surface area contributed by atoms with Crippen LogP contribution in [0.1, 0.15) is 5.69 Å². The van der Waals surface area contributed by atoms with Gasteiger partial charge in [0, 0.05) is 19.4 Å². The highest BCUT2D eigenvalue weighted by Crippen LogP contribution is 2.17. The normalized spacial score (nSPS) is 11.5. The second kappa shape index (κ2) is 6.35. The molecule has 118 valence electrons. The predicted molar refractivity (Wildman–Crippen MR) is 74.6 cm³/mol. The van der Waals surface area contributed by atoms with Gasteiger partial charge in [0.05, 0.1) is 17.1 Å². The van der Waals surface area contributed by atoms with Gasteiger partial charge < -0.3 is 0 Å². The number of halogens is 4. The molecular weight excluding hydrogens is 321 g/mol. The molecule has 0 spiro atoms. The molecule has 2 rings (SSSR count). The van der Waals surface area contributed by atoms with Gasteiger partial charge in [-0.05, 0) is 18.2 Å². The molecule has 1 amide bonds. The Morgan fingerprint density at radius 2 is 2.09 bits per heavy atom. The fraction of sp³-hybridized carbons (Fsp3) is 0.308. The van der Waals surface area contributed by atoms with E-state index in [0.29, 0.717) is 10.8 Å². The molecule has 0 saturated carbocycles. The van der Waals surface area contributed by atoms with Gasteiger partial charge in [0.2, 0.25) is 5.91 Å². The monoisotopic (exact) mass is 332 g/mol. The molecule has 22 heavy (non-hydrogen) atoms. The lowest BCUT2D eigenvalue weighted by Gasteiger charge is -2.15. The number of aromatic nitrogens is 3. The first kappa shape index (κ1) is 16.3. The summed E-state index contributed by atoms with van der Waals surface area (Å²) in [5.74, 6) is 0.0520. The Kier molecular flexibility index (Phi) is 4.70. The summed E-state index contributed by atoms with van der Waals surface area (Å²) in [6.45, 7) is -1.18. The number of rotatable bonds is 4. The molecule has 0 aliphatic rings. The molecule has 0 bridgehead atoms. The largest absolute Gasteiger partial charge is 0.408 e. The molecule has 0 saturated heterocycles. The number of nitrogens with zero attached hydrogens (tertiary/aromatic N) is 4. The van der Waals surface area contributed by atoms with Crippen molar-refractivity contribution >= 4 is 23.3 Å². The van der Waals surface area contributed by atoms with Crippen LogP contribution in [0.15, 0.2) is 30.6 Å². The van der Waals surface area contributed by atoms with Crippen LogP contribution in [-0.4, -0.2) is 33.9 Å². The number of likely N-dealkylation sites (N-methyl/N-ethyl adjacent to an activating group) is 1. The van der Waals surface area contributed by atoms with E-state index >= 15 is 0 Å². The smallest absolute Gasteiger partial charge is 0.300 e. The standard InChI is InChI=1S/C13H12ClF3N4O/c1-20(11-3-2-9(14)7-18-11)12(22)6-10-4-5-21(19-10)8-13(15,16)17/h2-5,7H,6,8H2,1H3. The summed E-state index contributed by atoms with van der Waals surface area (Å²) in [6.07, 6.45) is -1.88. The minimum atomic E-state index is -4.35. The van der Waals surface area contributed by atoms with E-state index in [1.165, 1.54) is 30.4 Å². The van der Waals surface area contributed by atoms with Crippen molar-refractivity contribution in [3.63, 3.8) is 0 Å². The second-order valence-electron chi connectivity index (χ2n) is 4.58. The van der Waals surface area contributed by atoms with Crippen molar-refractivity contribution in [2.24, 2.45) is 0 Å². The van der Waals surface area contributed by atoms with Gasteiger partial charge in [0.1, 0.15) is 12.4 Å². The van der Waals surface area contributed by atoms with E-state index in [9.17, 15) is 18.0 Å². The summed E-state index contributed by atoms with van der Waals surface area (Å²) in [6, 6.07) is 4.54. The van der Waals surface area contributed by atoms with E-state index in [2.05, 4.69) is 10.1 Å². The zero-order valence-electron chi connectivity index (χ0n) is 11.5. The van der Waals surface area contributed by atoms with Gasteiger partial charge in [0.15, 0.2) is 0 Å². The molecule has 5 nitrogen and oxygen atoms in total. The third-order valence-corrected chi connectivity index (χ3v) is 3.02. The minimum absolute atomic E-state index is 0.119. The average molecular weight is 333 g/mol. The molecule has 0 atom stereocenters. The van der Waals surface area contributed by atoms with E-state index in [-0.39, 0.29) is 18.0 Å². The van der Waals surface area contributed by atoms with Crippen LogP contribution in [-0.2, 0) is 17.8 Å². The molecule has 0 aliphatic carbocycles. The first-order chi connectivity index (χ1) is 10.2. The lowest BCUT2D eigenvalue weighted by molar-refractivity contribution is -0.142. The SMILES string of the molecule is CN(C(=O)Cc1ccn(CC(F)(F)F)n1)c1ccc(Cl)cn1. The van der Waals surface area contributed by atoms with Crippen LogP contribution in [0, 0.1) is 0 Å². The van der Waals surface area contributed by atoms with Crippen LogP contribution in [0.3, 0.4) is 0 Å². The third kappa shape index (κ3) is 4.45. The van der Waals surface area contributed by atoms with Gasteiger partial charge >= 0.3 is 6.18 Å². The maximum Gasteiger partial charge on any atom is 0.408 e. The molecule has 0 aromatic carbocycles. The number of hydrogen-bond acceptors (Lipinski definition) is 3. The lowest BCUT2D eigenvalue weighted by atomic mass is 10.3. The summed E-state index contributed by atoms with van der Waals surface area (Å²) < 4.78 is 37.5. The number of alkyl halides is 3. The Balaban J connectivity index is 2.01. The van der Waals surface area contributed by atoms with Crippen molar-refractivity contribution in [3.05, 3.63) is 41.3 Å². The Morgan fingerprint density at radius 1 is 1.36 bits per heavy atom. The van der Waals surface area contributed by atoms with Gasteiger partial charge in [-0.15, -0.1) is 0 Å². The molecule has 0 fully saturated rings. The number of carbonyl (C=O) groups excluding carboxylic acids is 1.